The molecule has 0 bridgehead atoms. The summed E-state index contributed by atoms with van der Waals surface area (Å²) >= 11 is 0. The van der Waals surface area contributed by atoms with Gasteiger partial charge >= 0.3 is 0 Å². The highest BCUT2D eigenvalue weighted by Gasteiger charge is 2.40. The molecule has 0 saturated heterocycles. The smallest absolute Gasteiger partial charge is 0.144 e. The summed E-state index contributed by atoms with van der Waals surface area (Å²) in [5.74, 6) is 2.24. The van der Waals surface area contributed by atoms with Crippen LogP contribution in [0, 0.1) is 17.3 Å². The number of nitrogens with two attached hydrogens (primary N) is 1. The number of rotatable bonds is 8. The number of hydrogen-bond donors (Lipinski definition) is 3. The molecule has 2 aliphatic rings. The summed E-state index contributed by atoms with van der Waals surface area (Å²) in [4.78, 5) is 0. The molecule has 2 saturated carbocycles. The summed E-state index contributed by atoms with van der Waals surface area (Å²) in [6, 6.07) is 0.775. The van der Waals surface area contributed by atoms with Crippen molar-refractivity contribution in [2.24, 2.45) is 28.1 Å². The molecular weight excluding hydrogens is 226 g/mol. The van der Waals surface area contributed by atoms with Crippen LogP contribution in [0.2, 0.25) is 0 Å². The van der Waals surface area contributed by atoms with Crippen molar-refractivity contribution in [3.63, 3.8) is 0 Å². The molecule has 4 heteroatoms. The van der Waals surface area contributed by atoms with Gasteiger partial charge in [0.05, 0.1) is 0 Å². The molecule has 0 aromatic heterocycles. The fourth-order valence-corrected chi connectivity index (χ4v) is 2.69. The predicted molar refractivity (Wildman–Crippen MR) is 73.7 cm³/mol. The minimum atomic E-state index is -0.203. The number of amidine groups is 1. The number of nitrogens with zero attached hydrogens (tertiary/aromatic N) is 1. The average Bonchev–Trinajstić information content (AvgIpc) is 3.18. The molecule has 2 aliphatic carbocycles. The van der Waals surface area contributed by atoms with E-state index in [1.165, 1.54) is 25.7 Å². The van der Waals surface area contributed by atoms with E-state index in [4.69, 9.17) is 10.9 Å². The average molecular weight is 253 g/mol. The zero-order chi connectivity index (χ0) is 13.2. The largest absolute Gasteiger partial charge is 0.409 e. The molecule has 0 aliphatic heterocycles. The van der Waals surface area contributed by atoms with E-state index in [2.05, 4.69) is 10.5 Å². The Balaban J connectivity index is 1.65. The molecule has 0 heterocycles. The lowest BCUT2D eigenvalue weighted by molar-refractivity contribution is 0.303. The van der Waals surface area contributed by atoms with Crippen molar-refractivity contribution < 1.29 is 5.21 Å². The summed E-state index contributed by atoms with van der Waals surface area (Å²) in [6.07, 6.45) is 7.72. The summed E-state index contributed by atoms with van der Waals surface area (Å²) < 4.78 is 0. The van der Waals surface area contributed by atoms with Crippen LogP contribution in [-0.4, -0.2) is 23.6 Å². The first-order valence-electron chi connectivity index (χ1n) is 7.26. The minimum absolute atomic E-state index is 0.203. The quantitative estimate of drug-likeness (QED) is 0.204. The van der Waals surface area contributed by atoms with Crippen molar-refractivity contribution in [3.05, 3.63) is 0 Å². The zero-order valence-corrected chi connectivity index (χ0v) is 11.7. The number of nitrogens with one attached hydrogen (secondary N) is 1. The summed E-state index contributed by atoms with van der Waals surface area (Å²) in [5.41, 5.74) is 5.49. The highest BCUT2D eigenvalue weighted by atomic mass is 16.4. The fourth-order valence-electron chi connectivity index (χ4n) is 2.69. The Morgan fingerprint density at radius 2 is 1.89 bits per heavy atom. The van der Waals surface area contributed by atoms with Crippen LogP contribution >= 0.6 is 0 Å². The van der Waals surface area contributed by atoms with Crippen molar-refractivity contribution >= 4 is 5.84 Å². The monoisotopic (exact) mass is 253 g/mol. The Morgan fingerprint density at radius 3 is 2.33 bits per heavy atom. The predicted octanol–water partition coefficient (Wildman–Crippen LogP) is 2.32. The molecule has 0 aromatic carbocycles. The van der Waals surface area contributed by atoms with Crippen molar-refractivity contribution in [1.82, 2.24) is 5.32 Å². The molecule has 0 unspecified atom stereocenters. The van der Waals surface area contributed by atoms with Gasteiger partial charge in [-0.1, -0.05) is 19.0 Å². The summed E-state index contributed by atoms with van der Waals surface area (Å²) in [7, 11) is 0. The van der Waals surface area contributed by atoms with Crippen molar-refractivity contribution in [2.45, 2.75) is 58.4 Å². The maximum absolute atomic E-state index is 8.72. The Hall–Kier alpha value is -0.770. The van der Waals surface area contributed by atoms with Gasteiger partial charge in [0.2, 0.25) is 0 Å². The van der Waals surface area contributed by atoms with Crippen LogP contribution in [0.3, 0.4) is 0 Å². The van der Waals surface area contributed by atoms with E-state index in [0.29, 0.717) is 5.84 Å². The van der Waals surface area contributed by atoms with Gasteiger partial charge in [-0.25, -0.2) is 0 Å². The number of oxime groups is 1. The van der Waals surface area contributed by atoms with Crippen LogP contribution in [0.1, 0.15) is 52.4 Å². The molecule has 4 nitrogen and oxygen atoms in total. The lowest BCUT2D eigenvalue weighted by Gasteiger charge is -2.24. The van der Waals surface area contributed by atoms with E-state index in [0.717, 1.165) is 37.3 Å². The Bertz CT molecular complexity index is 294. The molecule has 0 atom stereocenters. The van der Waals surface area contributed by atoms with Gasteiger partial charge in [-0.05, 0) is 56.9 Å². The van der Waals surface area contributed by atoms with E-state index >= 15 is 0 Å². The van der Waals surface area contributed by atoms with Crippen LogP contribution in [0.5, 0.6) is 0 Å². The molecule has 4 N–H and O–H groups in total. The van der Waals surface area contributed by atoms with Gasteiger partial charge in [0.25, 0.3) is 0 Å². The Morgan fingerprint density at radius 1 is 1.33 bits per heavy atom. The van der Waals surface area contributed by atoms with Gasteiger partial charge in [0, 0.05) is 11.5 Å². The molecule has 0 aromatic rings. The maximum Gasteiger partial charge on any atom is 0.144 e. The number of hydrogen-bond acceptors (Lipinski definition) is 3. The van der Waals surface area contributed by atoms with Gasteiger partial charge in [-0.15, -0.1) is 0 Å². The fraction of sp³-hybridized carbons (Fsp3) is 0.929. The molecule has 0 radical (unpaired) electrons. The minimum Gasteiger partial charge on any atom is -0.409 e. The van der Waals surface area contributed by atoms with E-state index < -0.39 is 0 Å². The zero-order valence-electron chi connectivity index (χ0n) is 11.7. The third kappa shape index (κ3) is 3.61. The normalized spacial score (nSPS) is 21.6. The molecule has 104 valence electrons. The van der Waals surface area contributed by atoms with E-state index in [9.17, 15) is 0 Å². The first-order valence-corrected chi connectivity index (χ1v) is 7.26. The third-order valence-electron chi connectivity index (χ3n) is 4.42. The Labute approximate surface area is 110 Å². The topological polar surface area (TPSA) is 70.6 Å². The van der Waals surface area contributed by atoms with Gasteiger partial charge in [-0.3, -0.25) is 0 Å². The second-order valence-electron chi connectivity index (χ2n) is 6.63. The van der Waals surface area contributed by atoms with Crippen LogP contribution < -0.4 is 11.1 Å². The van der Waals surface area contributed by atoms with E-state index in [1.54, 1.807) is 0 Å². The highest BCUT2D eigenvalue weighted by Crippen LogP contribution is 2.44. The van der Waals surface area contributed by atoms with Crippen molar-refractivity contribution in [2.75, 3.05) is 6.54 Å². The summed E-state index contributed by atoms with van der Waals surface area (Å²) in [5, 5.41) is 15.6. The SMILES string of the molecule is CC(C)(CCCNC(C1CC1)C1CC1)C(N)=NO. The standard InChI is InChI=1S/C14H27N3O/c1-14(2,13(15)17-18)8-3-9-16-12(10-4-5-10)11-6-7-11/h10-12,16,18H,3-9H2,1-2H3,(H2,15,17). The first-order chi connectivity index (χ1) is 8.54. The van der Waals surface area contributed by atoms with Crippen LogP contribution in [0.4, 0.5) is 0 Å². The van der Waals surface area contributed by atoms with Crippen LogP contribution in [0.15, 0.2) is 5.16 Å². The lowest BCUT2D eigenvalue weighted by atomic mass is 9.86. The second kappa shape index (κ2) is 5.47. The highest BCUT2D eigenvalue weighted by molar-refractivity contribution is 5.85. The molecule has 2 rings (SSSR count). The molecule has 0 amide bonds. The van der Waals surface area contributed by atoms with E-state index in [1.807, 2.05) is 13.8 Å². The second-order valence-corrected chi connectivity index (χ2v) is 6.63. The van der Waals surface area contributed by atoms with Crippen LogP contribution in [0.25, 0.3) is 0 Å². The van der Waals surface area contributed by atoms with Gasteiger partial charge < -0.3 is 16.3 Å². The molecule has 2 fully saturated rings. The molecule has 0 spiro atoms. The Kier molecular flexibility index (Phi) is 4.15. The van der Waals surface area contributed by atoms with Gasteiger partial charge in [0.15, 0.2) is 0 Å². The van der Waals surface area contributed by atoms with Crippen molar-refractivity contribution in [3.8, 4) is 0 Å². The van der Waals surface area contributed by atoms with Crippen molar-refractivity contribution in [1.29, 1.82) is 0 Å². The third-order valence-corrected chi connectivity index (χ3v) is 4.42. The first kappa shape index (κ1) is 13.7. The van der Waals surface area contributed by atoms with E-state index in [-0.39, 0.29) is 5.41 Å². The van der Waals surface area contributed by atoms with Gasteiger partial charge in [0.1, 0.15) is 5.84 Å². The summed E-state index contributed by atoms with van der Waals surface area (Å²) in [6.45, 7) is 5.11. The van der Waals surface area contributed by atoms with Crippen LogP contribution in [-0.2, 0) is 0 Å². The molecular formula is C14H27N3O. The van der Waals surface area contributed by atoms with Gasteiger partial charge in [-0.2, -0.15) is 0 Å². The maximum atomic E-state index is 8.72. The molecule has 18 heavy (non-hydrogen) atoms. The lowest BCUT2D eigenvalue weighted by Crippen LogP contribution is -2.36.